The summed E-state index contributed by atoms with van der Waals surface area (Å²) in [5.74, 6) is -1.24. The highest BCUT2D eigenvalue weighted by atomic mass is 35.5. The number of thiophene rings is 1. The van der Waals surface area contributed by atoms with Crippen LogP contribution < -0.4 is 5.32 Å². The van der Waals surface area contributed by atoms with Crippen LogP contribution in [0.15, 0.2) is 12.1 Å². The van der Waals surface area contributed by atoms with Crippen LogP contribution in [0.5, 0.6) is 0 Å². The van der Waals surface area contributed by atoms with Crippen molar-refractivity contribution in [2.75, 3.05) is 13.6 Å². The summed E-state index contributed by atoms with van der Waals surface area (Å²) in [5, 5.41) is 11.9. The quantitative estimate of drug-likeness (QED) is 0.820. The molecule has 3 nitrogen and oxygen atoms in total. The molecule has 0 saturated heterocycles. The molecule has 1 heterocycles. The van der Waals surface area contributed by atoms with Gasteiger partial charge < -0.3 is 10.4 Å². The zero-order valence-electron chi connectivity index (χ0n) is 7.79. The van der Waals surface area contributed by atoms with E-state index in [1.165, 1.54) is 11.3 Å². The lowest BCUT2D eigenvalue weighted by molar-refractivity contribution is -0.138. The van der Waals surface area contributed by atoms with Crippen LogP contribution in [0.1, 0.15) is 17.2 Å². The van der Waals surface area contributed by atoms with E-state index in [0.29, 0.717) is 17.3 Å². The number of aliphatic carboxylic acids is 1. The van der Waals surface area contributed by atoms with E-state index in [1.54, 1.807) is 19.2 Å². The summed E-state index contributed by atoms with van der Waals surface area (Å²) in [6.07, 6.45) is 0.586. The molecule has 1 rings (SSSR count). The average Bonchev–Trinajstić information content (AvgIpc) is 2.52. The summed E-state index contributed by atoms with van der Waals surface area (Å²) in [7, 11) is 1.81. The summed E-state index contributed by atoms with van der Waals surface area (Å²) in [4.78, 5) is 11.8. The van der Waals surface area contributed by atoms with Crippen molar-refractivity contribution in [2.24, 2.45) is 0 Å². The molecule has 5 heteroatoms. The number of hydrogen-bond acceptors (Lipinski definition) is 3. The van der Waals surface area contributed by atoms with Gasteiger partial charge in [-0.3, -0.25) is 4.79 Å². The van der Waals surface area contributed by atoms with Gasteiger partial charge in [0.05, 0.1) is 10.3 Å². The Bertz CT molecular complexity index is 314. The number of halogens is 1. The SMILES string of the molecule is CNCCC(C(=O)O)c1ccc(Cl)s1. The van der Waals surface area contributed by atoms with Gasteiger partial charge >= 0.3 is 5.97 Å². The molecule has 0 amide bonds. The molecule has 2 N–H and O–H groups in total. The van der Waals surface area contributed by atoms with E-state index in [1.807, 2.05) is 0 Å². The van der Waals surface area contributed by atoms with E-state index in [0.717, 1.165) is 4.88 Å². The molecule has 0 radical (unpaired) electrons. The second-order valence-electron chi connectivity index (χ2n) is 2.92. The summed E-state index contributed by atoms with van der Waals surface area (Å²) >= 11 is 7.08. The number of hydrogen-bond donors (Lipinski definition) is 2. The first-order valence-corrected chi connectivity index (χ1v) is 5.47. The third kappa shape index (κ3) is 2.97. The van der Waals surface area contributed by atoms with E-state index >= 15 is 0 Å². The number of carboxylic acids is 1. The molecule has 0 spiro atoms. The fraction of sp³-hybridized carbons (Fsp3) is 0.444. The zero-order chi connectivity index (χ0) is 10.6. The predicted molar refractivity (Wildman–Crippen MR) is 58.2 cm³/mol. The predicted octanol–water partition coefficient (Wildman–Crippen LogP) is 2.18. The summed E-state index contributed by atoms with van der Waals surface area (Å²) in [6, 6.07) is 3.51. The van der Waals surface area contributed by atoms with E-state index in [2.05, 4.69) is 5.32 Å². The maximum Gasteiger partial charge on any atom is 0.311 e. The molecule has 1 aromatic heterocycles. The monoisotopic (exact) mass is 233 g/mol. The van der Waals surface area contributed by atoms with Gasteiger partial charge in [0, 0.05) is 4.88 Å². The van der Waals surface area contributed by atoms with E-state index in [-0.39, 0.29) is 0 Å². The number of nitrogens with one attached hydrogen (secondary N) is 1. The Morgan fingerprint density at radius 1 is 1.71 bits per heavy atom. The minimum atomic E-state index is -0.793. The highest BCUT2D eigenvalue weighted by molar-refractivity contribution is 7.16. The van der Waals surface area contributed by atoms with Gasteiger partial charge in [-0.15, -0.1) is 11.3 Å². The largest absolute Gasteiger partial charge is 0.481 e. The van der Waals surface area contributed by atoms with Gasteiger partial charge in [0.25, 0.3) is 0 Å². The van der Waals surface area contributed by atoms with Gasteiger partial charge in [-0.1, -0.05) is 11.6 Å². The molecular weight excluding hydrogens is 222 g/mol. The minimum Gasteiger partial charge on any atom is -0.481 e. The van der Waals surface area contributed by atoms with Crippen LogP contribution >= 0.6 is 22.9 Å². The maximum atomic E-state index is 11.0. The normalized spacial score (nSPS) is 12.7. The van der Waals surface area contributed by atoms with Gasteiger partial charge in [0.1, 0.15) is 0 Å². The Morgan fingerprint density at radius 2 is 2.43 bits per heavy atom. The lowest BCUT2D eigenvalue weighted by Gasteiger charge is -2.09. The Kier molecular flexibility index (Phi) is 4.38. The number of carboxylic acid groups (broad SMARTS) is 1. The molecule has 1 unspecified atom stereocenters. The fourth-order valence-electron chi connectivity index (χ4n) is 1.19. The lowest BCUT2D eigenvalue weighted by Crippen LogP contribution is -2.17. The number of carbonyl (C=O) groups is 1. The Morgan fingerprint density at radius 3 is 2.86 bits per heavy atom. The molecule has 0 bridgehead atoms. The van der Waals surface area contributed by atoms with Crippen molar-refractivity contribution in [1.82, 2.24) is 5.32 Å². The lowest BCUT2D eigenvalue weighted by atomic mass is 10.0. The third-order valence-electron chi connectivity index (χ3n) is 1.92. The van der Waals surface area contributed by atoms with Gasteiger partial charge in [0.15, 0.2) is 0 Å². The second-order valence-corrected chi connectivity index (χ2v) is 4.67. The highest BCUT2D eigenvalue weighted by Gasteiger charge is 2.20. The molecule has 1 atom stereocenters. The number of rotatable bonds is 5. The van der Waals surface area contributed by atoms with Crippen LogP contribution in [0.2, 0.25) is 4.34 Å². The third-order valence-corrected chi connectivity index (χ3v) is 3.26. The molecule has 0 saturated carbocycles. The first-order chi connectivity index (χ1) is 6.65. The first-order valence-electron chi connectivity index (χ1n) is 4.27. The molecule has 14 heavy (non-hydrogen) atoms. The van der Waals surface area contributed by atoms with Gasteiger partial charge in [0.2, 0.25) is 0 Å². The zero-order valence-corrected chi connectivity index (χ0v) is 9.36. The van der Waals surface area contributed by atoms with Crippen molar-refractivity contribution in [1.29, 1.82) is 0 Å². The summed E-state index contributed by atoms with van der Waals surface area (Å²) < 4.78 is 0.635. The van der Waals surface area contributed by atoms with Gasteiger partial charge in [-0.05, 0) is 32.1 Å². The van der Waals surface area contributed by atoms with Crippen molar-refractivity contribution < 1.29 is 9.90 Å². The standard InChI is InChI=1S/C9H12ClNO2S/c1-11-5-4-6(9(12)13)7-2-3-8(10)14-7/h2-3,6,11H,4-5H2,1H3,(H,12,13). The van der Waals surface area contributed by atoms with E-state index in [9.17, 15) is 4.79 Å². The second kappa shape index (κ2) is 5.34. The highest BCUT2D eigenvalue weighted by Crippen LogP contribution is 2.30. The van der Waals surface area contributed by atoms with Crippen LogP contribution in [0.4, 0.5) is 0 Å². The van der Waals surface area contributed by atoms with Crippen molar-refractivity contribution in [3.8, 4) is 0 Å². The minimum absolute atomic E-state index is 0.444. The van der Waals surface area contributed by atoms with Crippen molar-refractivity contribution in [2.45, 2.75) is 12.3 Å². The molecule has 0 aromatic carbocycles. The first kappa shape index (κ1) is 11.5. The van der Waals surface area contributed by atoms with Crippen LogP contribution in [0.25, 0.3) is 0 Å². The molecule has 78 valence electrons. The summed E-state index contributed by atoms with van der Waals surface area (Å²) in [5.41, 5.74) is 0. The molecule has 0 aliphatic rings. The molecule has 0 fully saturated rings. The van der Waals surface area contributed by atoms with Crippen LogP contribution in [0.3, 0.4) is 0 Å². The molecule has 0 aliphatic carbocycles. The fourth-order valence-corrected chi connectivity index (χ4v) is 2.38. The van der Waals surface area contributed by atoms with Gasteiger partial charge in [-0.2, -0.15) is 0 Å². The van der Waals surface area contributed by atoms with Gasteiger partial charge in [-0.25, -0.2) is 0 Å². The van der Waals surface area contributed by atoms with Crippen LogP contribution in [-0.4, -0.2) is 24.7 Å². The van der Waals surface area contributed by atoms with Crippen LogP contribution in [-0.2, 0) is 4.79 Å². The Hall–Kier alpha value is -0.580. The van der Waals surface area contributed by atoms with E-state index < -0.39 is 11.9 Å². The van der Waals surface area contributed by atoms with Crippen LogP contribution in [0, 0.1) is 0 Å². The Balaban J connectivity index is 2.72. The van der Waals surface area contributed by atoms with Crippen molar-refractivity contribution >= 4 is 28.9 Å². The maximum absolute atomic E-state index is 11.0. The topological polar surface area (TPSA) is 49.3 Å². The van der Waals surface area contributed by atoms with E-state index in [4.69, 9.17) is 16.7 Å². The van der Waals surface area contributed by atoms with Crippen molar-refractivity contribution in [3.63, 3.8) is 0 Å². The molecule has 0 aliphatic heterocycles. The average molecular weight is 234 g/mol. The smallest absolute Gasteiger partial charge is 0.311 e. The summed E-state index contributed by atoms with van der Waals surface area (Å²) in [6.45, 7) is 0.687. The molecular formula is C9H12ClNO2S. The Labute approximate surface area is 91.7 Å². The molecule has 1 aromatic rings. The van der Waals surface area contributed by atoms with Crippen molar-refractivity contribution in [3.05, 3.63) is 21.3 Å².